The SMILES string of the molecule is Nc1cccc(NCC(=O)NC2CC2)c1. The third kappa shape index (κ3) is 3.16. The van der Waals surface area contributed by atoms with E-state index in [1.54, 1.807) is 0 Å². The minimum absolute atomic E-state index is 0.0416. The number of anilines is 2. The Morgan fingerprint density at radius 1 is 1.47 bits per heavy atom. The first-order chi connectivity index (χ1) is 7.24. The number of nitrogens with two attached hydrogens (primary N) is 1. The largest absolute Gasteiger partial charge is 0.399 e. The van der Waals surface area contributed by atoms with E-state index >= 15 is 0 Å². The average Bonchev–Trinajstić information content (AvgIpc) is 2.99. The first-order valence-electron chi connectivity index (χ1n) is 5.13. The van der Waals surface area contributed by atoms with Crippen molar-refractivity contribution in [3.63, 3.8) is 0 Å². The van der Waals surface area contributed by atoms with Gasteiger partial charge in [-0.05, 0) is 31.0 Å². The lowest BCUT2D eigenvalue weighted by Gasteiger charge is -2.07. The summed E-state index contributed by atoms with van der Waals surface area (Å²) in [5.41, 5.74) is 7.19. The molecule has 1 amide bonds. The van der Waals surface area contributed by atoms with Gasteiger partial charge in [-0.2, -0.15) is 0 Å². The predicted molar refractivity (Wildman–Crippen MR) is 60.5 cm³/mol. The van der Waals surface area contributed by atoms with E-state index in [0.717, 1.165) is 18.5 Å². The molecule has 0 radical (unpaired) electrons. The summed E-state index contributed by atoms with van der Waals surface area (Å²) >= 11 is 0. The molecular weight excluding hydrogens is 190 g/mol. The Balaban J connectivity index is 1.78. The van der Waals surface area contributed by atoms with Crippen LogP contribution in [-0.4, -0.2) is 18.5 Å². The molecule has 0 unspecified atom stereocenters. The van der Waals surface area contributed by atoms with E-state index in [-0.39, 0.29) is 5.91 Å². The Morgan fingerprint density at radius 3 is 2.93 bits per heavy atom. The van der Waals surface area contributed by atoms with Crippen molar-refractivity contribution < 1.29 is 4.79 Å². The summed E-state index contributed by atoms with van der Waals surface area (Å²) < 4.78 is 0. The molecule has 1 aromatic carbocycles. The molecule has 15 heavy (non-hydrogen) atoms. The monoisotopic (exact) mass is 205 g/mol. The Morgan fingerprint density at radius 2 is 2.27 bits per heavy atom. The lowest BCUT2D eigenvalue weighted by Crippen LogP contribution is -2.31. The van der Waals surface area contributed by atoms with Crippen molar-refractivity contribution in [2.24, 2.45) is 0 Å². The Kier molecular flexibility index (Phi) is 2.76. The fourth-order valence-electron chi connectivity index (χ4n) is 1.34. The summed E-state index contributed by atoms with van der Waals surface area (Å²) in [6.07, 6.45) is 2.23. The van der Waals surface area contributed by atoms with E-state index in [4.69, 9.17) is 5.73 Å². The molecular formula is C11H15N3O. The van der Waals surface area contributed by atoms with E-state index in [9.17, 15) is 4.79 Å². The van der Waals surface area contributed by atoms with E-state index in [1.807, 2.05) is 24.3 Å². The molecule has 1 aliphatic rings. The van der Waals surface area contributed by atoms with Crippen molar-refractivity contribution in [1.82, 2.24) is 5.32 Å². The molecule has 0 aliphatic heterocycles. The zero-order chi connectivity index (χ0) is 10.7. The highest BCUT2D eigenvalue weighted by Crippen LogP contribution is 2.18. The van der Waals surface area contributed by atoms with E-state index in [0.29, 0.717) is 18.3 Å². The molecule has 1 saturated carbocycles. The number of rotatable bonds is 4. The fraction of sp³-hybridized carbons (Fsp3) is 0.364. The molecule has 0 saturated heterocycles. The highest BCUT2D eigenvalue weighted by Gasteiger charge is 2.22. The second-order valence-corrected chi connectivity index (χ2v) is 3.82. The normalized spacial score (nSPS) is 14.7. The van der Waals surface area contributed by atoms with Crippen LogP contribution in [0.1, 0.15) is 12.8 Å². The van der Waals surface area contributed by atoms with Gasteiger partial charge in [0, 0.05) is 17.4 Å². The number of benzene rings is 1. The summed E-state index contributed by atoms with van der Waals surface area (Å²) in [5.74, 6) is 0.0416. The topological polar surface area (TPSA) is 67.1 Å². The Labute approximate surface area is 88.9 Å². The third-order valence-electron chi connectivity index (χ3n) is 2.28. The molecule has 0 bridgehead atoms. The van der Waals surface area contributed by atoms with Gasteiger partial charge in [-0.1, -0.05) is 6.07 Å². The van der Waals surface area contributed by atoms with Crippen molar-refractivity contribution in [3.05, 3.63) is 24.3 Å². The van der Waals surface area contributed by atoms with Gasteiger partial charge in [0.1, 0.15) is 0 Å². The molecule has 1 aliphatic carbocycles. The van der Waals surface area contributed by atoms with E-state index in [2.05, 4.69) is 10.6 Å². The number of hydrogen-bond acceptors (Lipinski definition) is 3. The summed E-state index contributed by atoms with van der Waals surface area (Å²) in [6, 6.07) is 7.79. The zero-order valence-electron chi connectivity index (χ0n) is 8.49. The van der Waals surface area contributed by atoms with Gasteiger partial charge >= 0.3 is 0 Å². The van der Waals surface area contributed by atoms with Crippen LogP contribution in [0.5, 0.6) is 0 Å². The van der Waals surface area contributed by atoms with Crippen LogP contribution in [0.25, 0.3) is 0 Å². The van der Waals surface area contributed by atoms with Crippen molar-refractivity contribution in [1.29, 1.82) is 0 Å². The van der Waals surface area contributed by atoms with Gasteiger partial charge in [0.25, 0.3) is 0 Å². The van der Waals surface area contributed by atoms with Crippen molar-refractivity contribution in [3.8, 4) is 0 Å². The van der Waals surface area contributed by atoms with Crippen LogP contribution in [0.15, 0.2) is 24.3 Å². The van der Waals surface area contributed by atoms with Gasteiger partial charge in [0.2, 0.25) is 5.91 Å². The number of carbonyl (C=O) groups excluding carboxylic acids is 1. The van der Waals surface area contributed by atoms with Gasteiger partial charge < -0.3 is 16.4 Å². The van der Waals surface area contributed by atoms with Crippen molar-refractivity contribution in [2.75, 3.05) is 17.6 Å². The summed E-state index contributed by atoms with van der Waals surface area (Å²) in [7, 11) is 0. The van der Waals surface area contributed by atoms with Gasteiger partial charge in [-0.3, -0.25) is 4.79 Å². The van der Waals surface area contributed by atoms with Crippen LogP contribution in [0, 0.1) is 0 Å². The third-order valence-corrected chi connectivity index (χ3v) is 2.28. The first-order valence-corrected chi connectivity index (χ1v) is 5.13. The summed E-state index contributed by atoms with van der Waals surface area (Å²) in [6.45, 7) is 0.306. The highest BCUT2D eigenvalue weighted by atomic mass is 16.2. The quantitative estimate of drug-likeness (QED) is 0.641. The van der Waals surface area contributed by atoms with Gasteiger partial charge in [-0.25, -0.2) is 0 Å². The van der Waals surface area contributed by atoms with Crippen LogP contribution >= 0.6 is 0 Å². The summed E-state index contributed by atoms with van der Waals surface area (Å²) in [5, 5.41) is 5.93. The highest BCUT2D eigenvalue weighted by molar-refractivity contribution is 5.81. The number of hydrogen-bond donors (Lipinski definition) is 3. The van der Waals surface area contributed by atoms with Gasteiger partial charge in [0.15, 0.2) is 0 Å². The minimum atomic E-state index is 0.0416. The average molecular weight is 205 g/mol. The van der Waals surface area contributed by atoms with E-state index in [1.165, 1.54) is 0 Å². The lowest BCUT2D eigenvalue weighted by atomic mass is 10.3. The van der Waals surface area contributed by atoms with Gasteiger partial charge in [-0.15, -0.1) is 0 Å². The molecule has 1 fully saturated rings. The number of carbonyl (C=O) groups is 1. The Bertz CT molecular complexity index is 361. The smallest absolute Gasteiger partial charge is 0.239 e. The second-order valence-electron chi connectivity index (χ2n) is 3.82. The number of nitrogens with one attached hydrogen (secondary N) is 2. The lowest BCUT2D eigenvalue weighted by molar-refractivity contribution is -0.119. The maximum absolute atomic E-state index is 11.3. The maximum atomic E-state index is 11.3. The Hall–Kier alpha value is -1.71. The van der Waals surface area contributed by atoms with Crippen LogP contribution < -0.4 is 16.4 Å². The fourth-order valence-corrected chi connectivity index (χ4v) is 1.34. The predicted octanol–water partition coefficient (Wildman–Crippen LogP) is 0.959. The molecule has 0 heterocycles. The molecule has 1 aromatic rings. The van der Waals surface area contributed by atoms with E-state index < -0.39 is 0 Å². The zero-order valence-corrected chi connectivity index (χ0v) is 8.49. The minimum Gasteiger partial charge on any atom is -0.399 e. The molecule has 80 valence electrons. The molecule has 4 nitrogen and oxygen atoms in total. The maximum Gasteiger partial charge on any atom is 0.239 e. The molecule has 0 aromatic heterocycles. The van der Waals surface area contributed by atoms with Crippen LogP contribution in [0.2, 0.25) is 0 Å². The molecule has 4 heteroatoms. The van der Waals surface area contributed by atoms with Crippen LogP contribution in [0.3, 0.4) is 0 Å². The van der Waals surface area contributed by atoms with Crippen LogP contribution in [0.4, 0.5) is 11.4 Å². The number of amides is 1. The van der Waals surface area contributed by atoms with Gasteiger partial charge in [0.05, 0.1) is 6.54 Å². The molecule has 0 atom stereocenters. The molecule has 0 spiro atoms. The van der Waals surface area contributed by atoms with Crippen molar-refractivity contribution in [2.45, 2.75) is 18.9 Å². The van der Waals surface area contributed by atoms with Crippen molar-refractivity contribution >= 4 is 17.3 Å². The standard InChI is InChI=1S/C11H15N3O/c12-8-2-1-3-10(6-8)13-7-11(15)14-9-4-5-9/h1-3,6,9,13H,4-5,7,12H2,(H,14,15). The molecule has 4 N–H and O–H groups in total. The number of nitrogen functional groups attached to an aromatic ring is 1. The summed E-state index contributed by atoms with van der Waals surface area (Å²) in [4.78, 5) is 11.3. The first kappa shape index (κ1) is 9.83. The van der Waals surface area contributed by atoms with Crippen LogP contribution in [-0.2, 0) is 4.79 Å². The molecule has 2 rings (SSSR count). The second kappa shape index (κ2) is 4.21.